The predicted molar refractivity (Wildman–Crippen MR) is 33.1 cm³/mol. The minimum Gasteiger partial charge on any atom is -0.492 e. The number of nitrogen functional groups attached to an aromatic ring is 1. The zero-order valence-corrected chi connectivity index (χ0v) is 5.23. The second-order valence-electron chi connectivity index (χ2n) is 1.27. The van der Waals surface area contributed by atoms with Gasteiger partial charge in [-0.15, -0.1) is 0 Å². The minimum atomic E-state index is 0.470. The Balaban J connectivity index is 2.92. The third kappa shape index (κ3) is 0.742. The van der Waals surface area contributed by atoms with Gasteiger partial charge in [0.1, 0.15) is 0 Å². The Labute approximate surface area is 51.3 Å². The van der Waals surface area contributed by atoms with Crippen molar-refractivity contribution in [3.05, 3.63) is 5.38 Å². The molecule has 0 amide bonds. The van der Waals surface area contributed by atoms with E-state index in [9.17, 15) is 0 Å². The Bertz CT molecular complexity index is 174. The van der Waals surface area contributed by atoms with Gasteiger partial charge < -0.3 is 10.5 Å². The Hall–Kier alpha value is -0.770. The van der Waals surface area contributed by atoms with Crippen LogP contribution in [0.1, 0.15) is 0 Å². The first-order valence-electron chi connectivity index (χ1n) is 2.08. The molecule has 1 aromatic rings. The second kappa shape index (κ2) is 2.00. The molecule has 4 heteroatoms. The van der Waals surface area contributed by atoms with Gasteiger partial charge in [-0.1, -0.05) is 0 Å². The molecule has 1 rings (SSSR count). The average Bonchev–Trinajstić information content (AvgIpc) is 2.14. The Morgan fingerprint density at radius 1 is 1.88 bits per heavy atom. The van der Waals surface area contributed by atoms with E-state index in [0.717, 1.165) is 0 Å². The number of nitrogens with two attached hydrogens (primary N) is 1. The van der Waals surface area contributed by atoms with Crippen LogP contribution in [-0.4, -0.2) is 11.5 Å². The van der Waals surface area contributed by atoms with Gasteiger partial charge in [0, 0.05) is 0 Å². The summed E-state index contributed by atoms with van der Waals surface area (Å²) in [6.45, 7) is 0. The maximum atomic E-state index is 5.33. The third-order valence-corrected chi connectivity index (χ3v) is 1.40. The van der Waals surface area contributed by atoms with E-state index in [1.54, 1.807) is 12.5 Å². The van der Waals surface area contributed by atoms with Gasteiger partial charge in [-0.25, -0.2) is 0 Å². The van der Waals surface area contributed by atoms with E-state index in [2.05, 4.69) is 4.37 Å². The Morgan fingerprint density at radius 2 is 2.62 bits per heavy atom. The summed E-state index contributed by atoms with van der Waals surface area (Å²) in [6.07, 6.45) is 0. The molecule has 3 nitrogen and oxygen atoms in total. The number of methoxy groups -OCH3 is 1. The van der Waals surface area contributed by atoms with Crippen LogP contribution < -0.4 is 10.5 Å². The fraction of sp³-hybridized carbons (Fsp3) is 0.250. The largest absolute Gasteiger partial charge is 0.492 e. The molecule has 0 bridgehead atoms. The Morgan fingerprint density at radius 3 is 2.88 bits per heavy atom. The smallest absolute Gasteiger partial charge is 0.179 e. The lowest BCUT2D eigenvalue weighted by Crippen LogP contribution is -1.88. The van der Waals surface area contributed by atoms with E-state index in [-0.39, 0.29) is 0 Å². The number of ether oxygens (including phenoxy) is 1. The standard InChI is InChI=1S/C4H6N2OS/c1-7-3-2-8-6-4(3)5/h2H,1H3,(H2,5,6). The SMILES string of the molecule is COc1csnc1N. The van der Waals surface area contributed by atoms with Crippen molar-refractivity contribution < 1.29 is 4.74 Å². The molecular weight excluding hydrogens is 124 g/mol. The summed E-state index contributed by atoms with van der Waals surface area (Å²) in [5.74, 6) is 1.13. The van der Waals surface area contributed by atoms with Crippen molar-refractivity contribution in [1.29, 1.82) is 0 Å². The maximum absolute atomic E-state index is 5.33. The van der Waals surface area contributed by atoms with Crippen LogP contribution in [0.5, 0.6) is 5.75 Å². The maximum Gasteiger partial charge on any atom is 0.179 e. The van der Waals surface area contributed by atoms with Crippen molar-refractivity contribution in [3.8, 4) is 5.75 Å². The molecule has 1 heterocycles. The molecule has 0 spiro atoms. The molecule has 0 atom stereocenters. The molecule has 0 fully saturated rings. The average molecular weight is 130 g/mol. The summed E-state index contributed by atoms with van der Waals surface area (Å²) in [6, 6.07) is 0. The lowest BCUT2D eigenvalue weighted by Gasteiger charge is -1.90. The second-order valence-corrected chi connectivity index (χ2v) is 1.90. The van der Waals surface area contributed by atoms with Gasteiger partial charge in [0.15, 0.2) is 11.6 Å². The van der Waals surface area contributed by atoms with Gasteiger partial charge in [-0.2, -0.15) is 4.37 Å². The number of hydrogen-bond donors (Lipinski definition) is 1. The highest BCUT2D eigenvalue weighted by atomic mass is 32.1. The quantitative estimate of drug-likeness (QED) is 0.609. The number of aromatic nitrogens is 1. The fourth-order valence-corrected chi connectivity index (χ4v) is 0.958. The summed E-state index contributed by atoms with van der Waals surface area (Å²) in [5.41, 5.74) is 5.33. The monoisotopic (exact) mass is 130 g/mol. The van der Waals surface area contributed by atoms with Gasteiger partial charge in [0.25, 0.3) is 0 Å². The third-order valence-electron chi connectivity index (χ3n) is 0.783. The van der Waals surface area contributed by atoms with Crippen molar-refractivity contribution in [1.82, 2.24) is 4.37 Å². The van der Waals surface area contributed by atoms with Crippen LogP contribution in [0, 0.1) is 0 Å². The van der Waals surface area contributed by atoms with E-state index >= 15 is 0 Å². The van der Waals surface area contributed by atoms with Crippen LogP contribution in [-0.2, 0) is 0 Å². The van der Waals surface area contributed by atoms with Crippen LogP contribution in [0.3, 0.4) is 0 Å². The van der Waals surface area contributed by atoms with Crippen LogP contribution in [0.2, 0.25) is 0 Å². The fourth-order valence-electron chi connectivity index (χ4n) is 0.389. The first-order valence-corrected chi connectivity index (χ1v) is 2.92. The van der Waals surface area contributed by atoms with Crippen LogP contribution >= 0.6 is 11.5 Å². The topological polar surface area (TPSA) is 48.1 Å². The van der Waals surface area contributed by atoms with Crippen LogP contribution in [0.25, 0.3) is 0 Å². The van der Waals surface area contributed by atoms with Gasteiger partial charge in [0.2, 0.25) is 0 Å². The molecular formula is C4H6N2OS. The molecule has 0 unspecified atom stereocenters. The molecule has 44 valence electrons. The molecule has 2 N–H and O–H groups in total. The molecule has 1 aromatic heterocycles. The summed E-state index contributed by atoms with van der Waals surface area (Å²) in [4.78, 5) is 0. The van der Waals surface area contributed by atoms with E-state index < -0.39 is 0 Å². The van der Waals surface area contributed by atoms with Gasteiger partial charge in [0.05, 0.1) is 12.5 Å². The summed E-state index contributed by atoms with van der Waals surface area (Å²) >= 11 is 1.29. The van der Waals surface area contributed by atoms with Crippen molar-refractivity contribution in [2.24, 2.45) is 0 Å². The molecule has 0 aromatic carbocycles. The zero-order valence-electron chi connectivity index (χ0n) is 4.42. The lowest BCUT2D eigenvalue weighted by atomic mass is 10.6. The lowest BCUT2D eigenvalue weighted by molar-refractivity contribution is 0.418. The van der Waals surface area contributed by atoms with Crippen molar-refractivity contribution >= 4 is 17.4 Å². The molecule has 8 heavy (non-hydrogen) atoms. The minimum absolute atomic E-state index is 0.470. The van der Waals surface area contributed by atoms with Crippen molar-refractivity contribution in [2.45, 2.75) is 0 Å². The first-order chi connectivity index (χ1) is 3.84. The number of anilines is 1. The molecule has 0 aliphatic carbocycles. The van der Waals surface area contributed by atoms with Crippen molar-refractivity contribution in [3.63, 3.8) is 0 Å². The highest BCUT2D eigenvalue weighted by molar-refractivity contribution is 7.04. The molecule has 0 radical (unpaired) electrons. The first kappa shape index (κ1) is 5.37. The molecule has 0 aliphatic rings. The van der Waals surface area contributed by atoms with Gasteiger partial charge in [-0.05, 0) is 11.5 Å². The van der Waals surface area contributed by atoms with Gasteiger partial charge in [-0.3, -0.25) is 0 Å². The summed E-state index contributed by atoms with van der Waals surface area (Å²) in [7, 11) is 1.57. The molecule has 0 aliphatic heterocycles. The van der Waals surface area contributed by atoms with E-state index in [4.69, 9.17) is 10.5 Å². The molecule has 0 saturated carbocycles. The molecule has 0 saturated heterocycles. The van der Waals surface area contributed by atoms with Crippen LogP contribution in [0.4, 0.5) is 5.82 Å². The normalized spacial score (nSPS) is 9.12. The number of rotatable bonds is 1. The van der Waals surface area contributed by atoms with E-state index in [1.807, 2.05) is 0 Å². The summed E-state index contributed by atoms with van der Waals surface area (Å²) in [5, 5.41) is 1.76. The van der Waals surface area contributed by atoms with E-state index in [0.29, 0.717) is 11.6 Å². The zero-order chi connectivity index (χ0) is 5.98. The predicted octanol–water partition coefficient (Wildman–Crippen LogP) is 0.734. The van der Waals surface area contributed by atoms with Gasteiger partial charge >= 0.3 is 0 Å². The Kier molecular flexibility index (Phi) is 1.34. The van der Waals surface area contributed by atoms with Crippen LogP contribution in [0.15, 0.2) is 5.38 Å². The van der Waals surface area contributed by atoms with E-state index in [1.165, 1.54) is 11.5 Å². The summed E-state index contributed by atoms with van der Waals surface area (Å²) < 4.78 is 8.59. The highest BCUT2D eigenvalue weighted by Gasteiger charge is 1.97. The highest BCUT2D eigenvalue weighted by Crippen LogP contribution is 2.20. The number of hydrogen-bond acceptors (Lipinski definition) is 4. The van der Waals surface area contributed by atoms with Crippen molar-refractivity contribution in [2.75, 3.05) is 12.8 Å². The number of nitrogens with zero attached hydrogens (tertiary/aromatic N) is 1.